The molecule has 0 bridgehead atoms. The summed E-state index contributed by atoms with van der Waals surface area (Å²) in [5, 5.41) is 2.77. The van der Waals surface area contributed by atoms with Crippen molar-refractivity contribution >= 4 is 27.5 Å². The molecule has 1 fully saturated rings. The second-order valence-electron chi connectivity index (χ2n) is 7.48. The normalized spacial score (nSPS) is 14.1. The Bertz CT molecular complexity index is 1030. The highest BCUT2D eigenvalue weighted by molar-refractivity contribution is 7.89. The van der Waals surface area contributed by atoms with E-state index in [4.69, 9.17) is 0 Å². The van der Waals surface area contributed by atoms with Crippen LogP contribution in [-0.4, -0.2) is 56.1 Å². The first-order valence-corrected chi connectivity index (χ1v) is 11.6. The third-order valence-electron chi connectivity index (χ3n) is 5.22. The van der Waals surface area contributed by atoms with Crippen LogP contribution in [0.4, 0.5) is 10.1 Å². The lowest BCUT2D eigenvalue weighted by Gasteiger charge is -2.18. The highest BCUT2D eigenvalue weighted by atomic mass is 32.2. The molecule has 0 radical (unpaired) electrons. The molecule has 1 saturated heterocycles. The lowest BCUT2D eigenvalue weighted by Crippen LogP contribution is -2.29. The average Bonchev–Trinajstić information content (AvgIpc) is 3.29. The van der Waals surface area contributed by atoms with Gasteiger partial charge in [-0.3, -0.25) is 9.59 Å². The smallest absolute Gasteiger partial charge is 0.255 e. The molecule has 1 heterocycles. The Morgan fingerprint density at radius 1 is 1.06 bits per heavy atom. The van der Waals surface area contributed by atoms with Gasteiger partial charge in [0, 0.05) is 33.1 Å². The fourth-order valence-electron chi connectivity index (χ4n) is 3.45. The van der Waals surface area contributed by atoms with E-state index in [1.165, 1.54) is 19.2 Å². The largest absolute Gasteiger partial charge is 0.339 e. The van der Waals surface area contributed by atoms with Crippen molar-refractivity contribution in [3.8, 4) is 0 Å². The molecule has 0 atom stereocenters. The molecule has 1 N–H and O–H groups in total. The molecule has 2 amide bonds. The minimum Gasteiger partial charge on any atom is -0.339 e. The van der Waals surface area contributed by atoms with Crippen molar-refractivity contribution in [2.24, 2.45) is 0 Å². The van der Waals surface area contributed by atoms with Crippen molar-refractivity contribution in [3.63, 3.8) is 0 Å². The van der Waals surface area contributed by atoms with Gasteiger partial charge in [0.25, 0.3) is 5.91 Å². The van der Waals surface area contributed by atoms with E-state index in [0.29, 0.717) is 17.7 Å². The van der Waals surface area contributed by atoms with E-state index in [9.17, 15) is 22.4 Å². The summed E-state index contributed by atoms with van der Waals surface area (Å²) in [5.41, 5.74) is 0.908. The molecule has 9 heteroatoms. The molecule has 7 nitrogen and oxygen atoms in total. The van der Waals surface area contributed by atoms with E-state index >= 15 is 0 Å². The molecule has 0 unspecified atom stereocenters. The van der Waals surface area contributed by atoms with Gasteiger partial charge in [-0.05, 0) is 55.7 Å². The molecule has 1 aliphatic rings. The van der Waals surface area contributed by atoms with Crippen LogP contribution in [0.3, 0.4) is 0 Å². The van der Waals surface area contributed by atoms with Crippen molar-refractivity contribution in [1.29, 1.82) is 0 Å². The number of likely N-dealkylation sites (tertiary alicyclic amines) is 1. The summed E-state index contributed by atoms with van der Waals surface area (Å²) in [4.78, 5) is 26.9. The van der Waals surface area contributed by atoms with Crippen molar-refractivity contribution in [2.75, 3.05) is 32.0 Å². The minimum atomic E-state index is -3.76. The van der Waals surface area contributed by atoms with Crippen LogP contribution < -0.4 is 5.32 Å². The van der Waals surface area contributed by atoms with E-state index in [1.807, 2.05) is 0 Å². The van der Waals surface area contributed by atoms with Crippen LogP contribution in [0.25, 0.3) is 0 Å². The molecule has 0 aliphatic carbocycles. The maximum absolute atomic E-state index is 13.0. The lowest BCUT2D eigenvalue weighted by atomic mass is 10.1. The van der Waals surface area contributed by atoms with Crippen LogP contribution in [-0.2, 0) is 14.8 Å². The highest BCUT2D eigenvalue weighted by Crippen LogP contribution is 2.21. The molecule has 31 heavy (non-hydrogen) atoms. The molecule has 3 rings (SSSR count). The number of carbonyl (C=O) groups is 2. The molecule has 2 aromatic carbocycles. The number of amides is 2. The van der Waals surface area contributed by atoms with Gasteiger partial charge in [0.2, 0.25) is 15.9 Å². The predicted molar refractivity (Wildman–Crippen MR) is 116 cm³/mol. The van der Waals surface area contributed by atoms with Crippen molar-refractivity contribution in [2.45, 2.75) is 30.6 Å². The SMILES string of the molecule is CN(CCCC(=O)Nc1ccccc1C(=O)N1CCCC1)S(=O)(=O)c1ccc(F)cc1. The quantitative estimate of drug-likeness (QED) is 0.674. The van der Waals surface area contributed by atoms with Gasteiger partial charge in [-0.2, -0.15) is 0 Å². The first kappa shape index (κ1) is 22.9. The summed E-state index contributed by atoms with van der Waals surface area (Å²) >= 11 is 0. The molecule has 166 valence electrons. The van der Waals surface area contributed by atoms with Gasteiger partial charge >= 0.3 is 0 Å². The summed E-state index contributed by atoms with van der Waals surface area (Å²) in [5.74, 6) is -0.908. The fraction of sp³-hybridized carbons (Fsp3) is 0.364. The van der Waals surface area contributed by atoms with Gasteiger partial charge in [-0.15, -0.1) is 0 Å². The second kappa shape index (κ2) is 10.0. The summed E-state index contributed by atoms with van der Waals surface area (Å²) < 4.78 is 39.2. The number of carbonyl (C=O) groups excluding carboxylic acids is 2. The number of nitrogens with zero attached hydrogens (tertiary/aromatic N) is 2. The lowest BCUT2D eigenvalue weighted by molar-refractivity contribution is -0.116. The van der Waals surface area contributed by atoms with E-state index < -0.39 is 15.8 Å². The van der Waals surface area contributed by atoms with Gasteiger partial charge in [0.1, 0.15) is 5.82 Å². The van der Waals surface area contributed by atoms with Crippen LogP contribution in [0.1, 0.15) is 36.0 Å². The summed E-state index contributed by atoms with van der Waals surface area (Å²) in [6.07, 6.45) is 2.35. The van der Waals surface area contributed by atoms with E-state index in [0.717, 1.165) is 42.4 Å². The minimum absolute atomic E-state index is 0.00444. The number of sulfonamides is 1. The Morgan fingerprint density at radius 3 is 2.39 bits per heavy atom. The van der Waals surface area contributed by atoms with Gasteiger partial charge < -0.3 is 10.2 Å². The zero-order valence-electron chi connectivity index (χ0n) is 17.4. The summed E-state index contributed by atoms with van der Waals surface area (Å²) in [6, 6.07) is 11.5. The molecule has 0 saturated carbocycles. The number of halogens is 1. The van der Waals surface area contributed by atoms with Gasteiger partial charge in [-0.25, -0.2) is 17.1 Å². The number of benzene rings is 2. The summed E-state index contributed by atoms with van der Waals surface area (Å²) in [6.45, 7) is 1.56. The van der Waals surface area contributed by atoms with Crippen LogP contribution in [0.2, 0.25) is 0 Å². The number of hydrogen-bond donors (Lipinski definition) is 1. The van der Waals surface area contributed by atoms with Crippen molar-refractivity contribution in [1.82, 2.24) is 9.21 Å². The Morgan fingerprint density at radius 2 is 1.71 bits per heavy atom. The molecule has 0 spiro atoms. The first-order chi connectivity index (χ1) is 14.8. The number of rotatable bonds is 8. The highest BCUT2D eigenvalue weighted by Gasteiger charge is 2.23. The molecule has 0 aromatic heterocycles. The Balaban J connectivity index is 1.55. The first-order valence-electron chi connectivity index (χ1n) is 10.2. The number of para-hydroxylation sites is 1. The van der Waals surface area contributed by atoms with Crippen LogP contribution >= 0.6 is 0 Å². The third-order valence-corrected chi connectivity index (χ3v) is 7.09. The van der Waals surface area contributed by atoms with Gasteiger partial charge in [-0.1, -0.05) is 12.1 Å². The maximum Gasteiger partial charge on any atom is 0.255 e. The van der Waals surface area contributed by atoms with E-state index in [2.05, 4.69) is 5.32 Å². The molecular formula is C22H26FN3O4S. The topological polar surface area (TPSA) is 86.8 Å². The van der Waals surface area contributed by atoms with Crippen LogP contribution in [0.5, 0.6) is 0 Å². The Kier molecular flexibility index (Phi) is 7.40. The maximum atomic E-state index is 13.0. The molecule has 1 aliphatic heterocycles. The Labute approximate surface area is 181 Å². The van der Waals surface area contributed by atoms with Gasteiger partial charge in [0.05, 0.1) is 16.1 Å². The Hall–Kier alpha value is -2.78. The summed E-state index contributed by atoms with van der Waals surface area (Å²) in [7, 11) is -2.34. The molecular weight excluding hydrogens is 421 g/mol. The van der Waals surface area contributed by atoms with E-state index in [-0.39, 0.29) is 29.7 Å². The predicted octanol–water partition coefficient (Wildman–Crippen LogP) is 3.10. The zero-order valence-corrected chi connectivity index (χ0v) is 18.2. The number of nitrogens with one attached hydrogen (secondary N) is 1. The van der Waals surface area contributed by atoms with Crippen LogP contribution in [0.15, 0.2) is 53.4 Å². The zero-order chi connectivity index (χ0) is 22.4. The third kappa shape index (κ3) is 5.68. The van der Waals surface area contributed by atoms with Crippen molar-refractivity contribution in [3.05, 3.63) is 59.9 Å². The van der Waals surface area contributed by atoms with Crippen molar-refractivity contribution < 1.29 is 22.4 Å². The fourth-order valence-corrected chi connectivity index (χ4v) is 4.66. The van der Waals surface area contributed by atoms with Crippen LogP contribution in [0, 0.1) is 5.82 Å². The van der Waals surface area contributed by atoms with E-state index in [1.54, 1.807) is 29.2 Å². The standard InChI is InChI=1S/C22H26FN3O4S/c1-25(31(29,30)18-12-10-17(23)11-13-18)14-6-9-21(27)24-20-8-3-2-7-19(20)22(28)26-15-4-5-16-26/h2-3,7-8,10-13H,4-6,9,14-16H2,1H3,(H,24,27). The monoisotopic (exact) mass is 447 g/mol. The number of hydrogen-bond acceptors (Lipinski definition) is 4. The van der Waals surface area contributed by atoms with Gasteiger partial charge in [0.15, 0.2) is 0 Å². The average molecular weight is 448 g/mol. The molecule has 2 aromatic rings. The number of anilines is 1. The second-order valence-corrected chi connectivity index (χ2v) is 9.52.